The predicted molar refractivity (Wildman–Crippen MR) is 136 cm³/mol. The number of rotatable bonds is 6. The minimum atomic E-state index is -2.32. The molecule has 1 heterocycles. The Labute approximate surface area is 213 Å². The summed E-state index contributed by atoms with van der Waals surface area (Å²) in [7, 11) is -2.32. The highest BCUT2D eigenvalue weighted by Crippen LogP contribution is 2.62. The number of halogens is 1. The molecule has 0 saturated carbocycles. The second-order valence-corrected chi connectivity index (χ2v) is 13.0. The van der Waals surface area contributed by atoms with Gasteiger partial charge in [-0.05, 0) is 57.2 Å². The smallest absolute Gasteiger partial charge is 0.326 e. The molecule has 0 spiro atoms. The topological polar surface area (TPSA) is 46.6 Å². The zero-order valence-corrected chi connectivity index (χ0v) is 22.3. The van der Waals surface area contributed by atoms with E-state index in [1.807, 2.05) is 75.4 Å². The van der Waals surface area contributed by atoms with Crippen molar-refractivity contribution in [2.45, 2.75) is 38.5 Å². The maximum absolute atomic E-state index is 13.9. The minimum Gasteiger partial charge on any atom is -1.00 e. The van der Waals surface area contributed by atoms with Crippen LogP contribution in [0.4, 0.5) is 0 Å². The van der Waals surface area contributed by atoms with Crippen LogP contribution in [0.2, 0.25) is 0 Å². The number of benzene rings is 3. The van der Waals surface area contributed by atoms with Gasteiger partial charge in [-0.1, -0.05) is 54.6 Å². The first-order valence-electron chi connectivity index (χ1n) is 11.4. The molecule has 0 aliphatic carbocycles. The van der Waals surface area contributed by atoms with Crippen LogP contribution in [0.5, 0.6) is 0 Å². The zero-order valence-electron chi connectivity index (χ0n) is 19.9. The van der Waals surface area contributed by atoms with Crippen LogP contribution in [-0.4, -0.2) is 41.1 Å². The molecular formula is C28H31BrNO3P. The molecule has 0 N–H and O–H groups in total. The lowest BCUT2D eigenvalue weighted by molar-refractivity contribution is -0.158. The third-order valence-corrected chi connectivity index (χ3v) is 10.7. The Kier molecular flexibility index (Phi) is 8.33. The number of ether oxygens (including phenoxy) is 1. The Morgan fingerprint density at radius 2 is 1.26 bits per heavy atom. The molecule has 4 rings (SSSR count). The number of esters is 1. The highest BCUT2D eigenvalue weighted by atomic mass is 79.9. The van der Waals surface area contributed by atoms with Gasteiger partial charge in [-0.25, -0.2) is 0 Å². The molecule has 3 aromatic carbocycles. The van der Waals surface area contributed by atoms with Gasteiger partial charge in [-0.2, -0.15) is 0 Å². The highest BCUT2D eigenvalue weighted by Gasteiger charge is 2.58. The Hall–Kier alpha value is -2.49. The lowest BCUT2D eigenvalue weighted by Crippen LogP contribution is -3.00. The fourth-order valence-electron chi connectivity index (χ4n) is 4.74. The quantitative estimate of drug-likeness (QED) is 0.346. The van der Waals surface area contributed by atoms with Gasteiger partial charge in [-0.15, -0.1) is 0 Å². The molecule has 6 heteroatoms. The van der Waals surface area contributed by atoms with Crippen LogP contribution >= 0.6 is 7.26 Å². The number of carbonyl (C=O) groups is 2. The predicted octanol–water partition coefficient (Wildman–Crippen LogP) is 0.927. The van der Waals surface area contributed by atoms with Crippen LogP contribution in [0, 0.1) is 0 Å². The van der Waals surface area contributed by atoms with Crippen molar-refractivity contribution in [1.29, 1.82) is 0 Å². The third kappa shape index (κ3) is 5.26. The van der Waals surface area contributed by atoms with Crippen molar-refractivity contribution in [3.8, 4) is 0 Å². The van der Waals surface area contributed by atoms with Gasteiger partial charge in [-0.3, -0.25) is 9.59 Å². The molecule has 0 bridgehead atoms. The summed E-state index contributed by atoms with van der Waals surface area (Å²) in [4.78, 5) is 28.1. The normalized spacial score (nSPS) is 16.1. The summed E-state index contributed by atoms with van der Waals surface area (Å²) < 4.78 is 5.50. The first kappa shape index (κ1) is 26.1. The molecule has 1 aliphatic rings. The average Bonchev–Trinajstić information content (AvgIpc) is 3.16. The van der Waals surface area contributed by atoms with E-state index in [0.29, 0.717) is 13.0 Å². The average molecular weight is 540 g/mol. The van der Waals surface area contributed by atoms with Crippen molar-refractivity contribution in [3.63, 3.8) is 0 Å². The molecule has 34 heavy (non-hydrogen) atoms. The van der Waals surface area contributed by atoms with Gasteiger partial charge in [0.25, 0.3) is 5.91 Å². The summed E-state index contributed by atoms with van der Waals surface area (Å²) in [6.45, 7) is 6.07. The van der Waals surface area contributed by atoms with E-state index in [0.717, 1.165) is 0 Å². The van der Waals surface area contributed by atoms with Crippen LogP contribution in [0.1, 0.15) is 27.2 Å². The van der Waals surface area contributed by atoms with Crippen molar-refractivity contribution in [1.82, 2.24) is 4.90 Å². The van der Waals surface area contributed by atoms with Crippen LogP contribution in [0.3, 0.4) is 0 Å². The molecule has 0 radical (unpaired) electrons. The lowest BCUT2D eigenvalue weighted by Gasteiger charge is -2.32. The zero-order chi connectivity index (χ0) is 23.5. The SMILES string of the molecule is CC(C)(C)OC(=O)CN1CCC([P+](c2ccccc2)(c2ccccc2)c2ccccc2)C1=O.[Br-]. The molecule has 1 aliphatic heterocycles. The second kappa shape index (κ2) is 10.8. The standard InChI is InChI=1S/C28H31NO3P.BrH/c1-28(2,3)32-26(30)21-29-20-19-25(27(29)31)33(22-13-7-4-8-14-22,23-15-9-5-10-16-23)24-17-11-6-12-18-24;/h4-18,25H,19-21H2,1-3H3;1H/q+1;/p-1. The summed E-state index contributed by atoms with van der Waals surface area (Å²) in [5.74, 6) is -0.328. The van der Waals surface area contributed by atoms with Crippen molar-refractivity contribution < 1.29 is 31.3 Å². The van der Waals surface area contributed by atoms with Crippen LogP contribution in [0.25, 0.3) is 0 Å². The van der Waals surface area contributed by atoms with Crippen molar-refractivity contribution in [2.75, 3.05) is 13.1 Å². The number of likely N-dealkylation sites (tertiary alicyclic amines) is 1. The van der Waals surface area contributed by atoms with Gasteiger partial charge in [0.1, 0.15) is 35.3 Å². The van der Waals surface area contributed by atoms with Crippen LogP contribution < -0.4 is 32.9 Å². The van der Waals surface area contributed by atoms with Crippen molar-refractivity contribution in [3.05, 3.63) is 91.0 Å². The van der Waals surface area contributed by atoms with Gasteiger partial charge in [0.05, 0.1) is 0 Å². The fraction of sp³-hybridized carbons (Fsp3) is 0.286. The number of hydrogen-bond acceptors (Lipinski definition) is 3. The minimum absolute atomic E-state index is 0. The van der Waals surface area contributed by atoms with Crippen molar-refractivity contribution >= 4 is 35.1 Å². The van der Waals surface area contributed by atoms with Gasteiger partial charge < -0.3 is 26.6 Å². The first-order valence-corrected chi connectivity index (χ1v) is 13.2. The Morgan fingerprint density at radius 3 is 1.65 bits per heavy atom. The van der Waals surface area contributed by atoms with E-state index in [1.165, 1.54) is 15.9 Å². The third-order valence-electron chi connectivity index (χ3n) is 5.97. The molecule has 4 nitrogen and oxygen atoms in total. The maximum atomic E-state index is 13.9. The van der Waals surface area contributed by atoms with Gasteiger partial charge in [0, 0.05) is 13.0 Å². The highest BCUT2D eigenvalue weighted by molar-refractivity contribution is 7.96. The Balaban J connectivity index is 0.00000324. The number of carbonyl (C=O) groups excluding carboxylic acids is 2. The second-order valence-electron chi connectivity index (χ2n) is 9.38. The largest absolute Gasteiger partial charge is 1.00 e. The first-order chi connectivity index (χ1) is 15.8. The molecule has 1 atom stereocenters. The number of amides is 1. The number of hydrogen-bond donors (Lipinski definition) is 0. The van der Waals surface area contributed by atoms with E-state index < -0.39 is 12.9 Å². The number of nitrogens with zero attached hydrogens (tertiary/aromatic N) is 1. The Bertz CT molecular complexity index is 1000. The molecule has 178 valence electrons. The van der Waals surface area contributed by atoms with Gasteiger partial charge in [0.15, 0.2) is 5.66 Å². The lowest BCUT2D eigenvalue weighted by atomic mass is 10.2. The van der Waals surface area contributed by atoms with Gasteiger partial charge in [0.2, 0.25) is 0 Å². The molecule has 1 fully saturated rings. The van der Waals surface area contributed by atoms with E-state index >= 15 is 0 Å². The molecular weight excluding hydrogens is 509 g/mol. The summed E-state index contributed by atoms with van der Waals surface area (Å²) >= 11 is 0. The summed E-state index contributed by atoms with van der Waals surface area (Å²) in [6.07, 6.45) is 0.702. The monoisotopic (exact) mass is 539 g/mol. The van der Waals surface area contributed by atoms with E-state index in [-0.39, 0.29) is 41.1 Å². The molecule has 3 aromatic rings. The molecule has 1 unspecified atom stereocenters. The van der Waals surface area contributed by atoms with Crippen molar-refractivity contribution in [2.24, 2.45) is 0 Å². The van der Waals surface area contributed by atoms with Crippen LogP contribution in [-0.2, 0) is 14.3 Å². The van der Waals surface area contributed by atoms with E-state index in [9.17, 15) is 9.59 Å². The van der Waals surface area contributed by atoms with Crippen LogP contribution in [0.15, 0.2) is 91.0 Å². The maximum Gasteiger partial charge on any atom is 0.326 e. The molecule has 1 amide bonds. The summed E-state index contributed by atoms with van der Waals surface area (Å²) in [5, 5.41) is 3.54. The fourth-order valence-corrected chi connectivity index (χ4v) is 9.64. The molecule has 0 aromatic heterocycles. The van der Waals surface area contributed by atoms with Gasteiger partial charge >= 0.3 is 5.97 Å². The van der Waals surface area contributed by atoms with E-state index in [1.54, 1.807) is 4.90 Å². The summed E-state index contributed by atoms with van der Waals surface area (Å²) in [5.41, 5.74) is -0.805. The van der Waals surface area contributed by atoms with E-state index in [2.05, 4.69) is 36.4 Å². The Morgan fingerprint density at radius 1 is 0.853 bits per heavy atom. The van der Waals surface area contributed by atoms with E-state index in [4.69, 9.17) is 4.74 Å². The molecule has 1 saturated heterocycles. The summed E-state index contributed by atoms with van der Waals surface area (Å²) in [6, 6.07) is 31.2.